The number of likely N-dealkylation sites (tertiary alicyclic amines) is 2. The van der Waals surface area contributed by atoms with Gasteiger partial charge in [-0.15, -0.1) is 0 Å². The topological polar surface area (TPSA) is 129 Å². The Morgan fingerprint density at radius 3 is 1.84 bits per heavy atom. The third kappa shape index (κ3) is 9.04. The van der Waals surface area contributed by atoms with Crippen LogP contribution >= 0.6 is 0 Å². The minimum absolute atomic E-state index is 0.117. The highest BCUT2D eigenvalue weighted by atomic mass is 19.4. The maximum Gasteiger partial charge on any atom is 0.490 e. The van der Waals surface area contributed by atoms with Crippen LogP contribution in [0.2, 0.25) is 0 Å². The molecule has 0 spiro atoms. The number of nitrogens with zero attached hydrogens (tertiary/aromatic N) is 5. The van der Waals surface area contributed by atoms with Crippen LogP contribution < -0.4 is 0 Å². The van der Waals surface area contributed by atoms with Crippen molar-refractivity contribution >= 4 is 17.8 Å². The van der Waals surface area contributed by atoms with Gasteiger partial charge in [-0.2, -0.15) is 31.4 Å². The number of pyridine rings is 1. The number of hydrogen-bond acceptors (Lipinski definition) is 6. The molecule has 0 saturated carbocycles. The SMILES string of the molecule is Cn1cc(CN2C[C@@H]3CN(C(=O)c4cccnc4)C[C@@H]3C2)cn1.O=C(O)C(F)(F)F.O=C(O)C(F)(F)F. The fraction of sp³-hybridized carbons (Fsp3) is 0.476. The van der Waals surface area contributed by atoms with Gasteiger partial charge in [-0.1, -0.05) is 0 Å². The molecule has 2 atom stereocenters. The Balaban J connectivity index is 0.000000286. The van der Waals surface area contributed by atoms with Gasteiger partial charge in [0, 0.05) is 63.9 Å². The maximum absolute atomic E-state index is 12.5. The summed E-state index contributed by atoms with van der Waals surface area (Å²) in [7, 11) is 1.95. The maximum atomic E-state index is 12.5. The van der Waals surface area contributed by atoms with Crippen LogP contribution in [-0.4, -0.2) is 91.2 Å². The molecule has 0 aromatic carbocycles. The van der Waals surface area contributed by atoms with E-state index in [1.165, 1.54) is 5.56 Å². The molecule has 2 fully saturated rings. The van der Waals surface area contributed by atoms with Gasteiger partial charge >= 0.3 is 24.3 Å². The number of carboxylic acids is 2. The van der Waals surface area contributed by atoms with Gasteiger partial charge < -0.3 is 15.1 Å². The Kier molecular flexibility index (Phi) is 9.61. The lowest BCUT2D eigenvalue weighted by molar-refractivity contribution is -0.193. The third-order valence-electron chi connectivity index (χ3n) is 5.41. The zero-order chi connectivity index (χ0) is 28.0. The first kappa shape index (κ1) is 29.5. The van der Waals surface area contributed by atoms with E-state index >= 15 is 0 Å². The lowest BCUT2D eigenvalue weighted by Crippen LogP contribution is -2.33. The van der Waals surface area contributed by atoms with Crippen molar-refractivity contribution in [3.63, 3.8) is 0 Å². The number of carbonyl (C=O) groups excluding carboxylic acids is 1. The number of hydrogen-bond donors (Lipinski definition) is 2. The van der Waals surface area contributed by atoms with Gasteiger partial charge in [-0.05, 0) is 24.0 Å². The predicted octanol–water partition coefficient (Wildman–Crippen LogP) is 2.29. The Morgan fingerprint density at radius 1 is 0.946 bits per heavy atom. The normalized spacial score (nSPS) is 19.3. The molecule has 37 heavy (non-hydrogen) atoms. The Hall–Kier alpha value is -3.69. The van der Waals surface area contributed by atoms with Crippen molar-refractivity contribution in [2.24, 2.45) is 18.9 Å². The summed E-state index contributed by atoms with van der Waals surface area (Å²) in [4.78, 5) is 38.8. The number of alkyl halides is 6. The molecule has 4 rings (SSSR count). The van der Waals surface area contributed by atoms with Gasteiger partial charge in [0.2, 0.25) is 0 Å². The standard InChI is InChI=1S/C17H21N5O.2C2HF3O2/c1-20-7-13(5-19-20)8-21-9-15-11-22(12-16(15)10-21)17(23)14-3-2-4-18-6-14;2*3-2(4,5)1(6)7/h2-7,15-16H,8-12H2,1H3;2*(H,6,7)/t15-,16+;;. The first-order chi connectivity index (χ1) is 17.1. The van der Waals surface area contributed by atoms with Gasteiger partial charge in [-0.3, -0.25) is 19.4 Å². The number of fused-ring (bicyclic) bond motifs is 1. The Bertz CT molecular complexity index is 1040. The van der Waals surface area contributed by atoms with Gasteiger partial charge in [0.25, 0.3) is 5.91 Å². The summed E-state index contributed by atoms with van der Waals surface area (Å²) in [6, 6.07) is 3.66. The van der Waals surface area contributed by atoms with Crippen LogP contribution in [0.3, 0.4) is 0 Å². The number of rotatable bonds is 3. The zero-order valence-electron chi connectivity index (χ0n) is 19.3. The van der Waals surface area contributed by atoms with E-state index in [1.54, 1.807) is 12.4 Å². The number of aliphatic carboxylic acids is 2. The first-order valence-corrected chi connectivity index (χ1v) is 10.6. The van der Waals surface area contributed by atoms with Crippen molar-refractivity contribution in [2.45, 2.75) is 18.9 Å². The Labute approximate surface area is 206 Å². The van der Waals surface area contributed by atoms with Crippen LogP contribution in [0.15, 0.2) is 36.9 Å². The molecular formula is C21H23F6N5O5. The summed E-state index contributed by atoms with van der Waals surface area (Å²) in [5.41, 5.74) is 1.95. The highest BCUT2D eigenvalue weighted by Crippen LogP contribution is 2.32. The molecule has 204 valence electrons. The molecule has 0 unspecified atom stereocenters. The number of carbonyl (C=O) groups is 3. The second-order valence-corrected chi connectivity index (χ2v) is 8.29. The van der Waals surface area contributed by atoms with Crippen molar-refractivity contribution in [3.05, 3.63) is 48.0 Å². The van der Waals surface area contributed by atoms with Crippen LogP contribution in [0.25, 0.3) is 0 Å². The molecule has 2 aromatic rings. The van der Waals surface area contributed by atoms with E-state index in [1.807, 2.05) is 35.0 Å². The molecule has 2 N–H and O–H groups in total. The lowest BCUT2D eigenvalue weighted by atomic mass is 10.0. The third-order valence-corrected chi connectivity index (χ3v) is 5.41. The summed E-state index contributed by atoms with van der Waals surface area (Å²) in [6.45, 7) is 4.81. The van der Waals surface area contributed by atoms with E-state index in [0.29, 0.717) is 17.4 Å². The van der Waals surface area contributed by atoms with Crippen LogP contribution in [0, 0.1) is 11.8 Å². The van der Waals surface area contributed by atoms with Crippen LogP contribution in [0.5, 0.6) is 0 Å². The highest BCUT2D eigenvalue weighted by molar-refractivity contribution is 5.94. The average Bonchev–Trinajstić information content (AvgIpc) is 3.48. The first-order valence-electron chi connectivity index (χ1n) is 10.6. The molecule has 10 nitrogen and oxygen atoms in total. The van der Waals surface area contributed by atoms with Gasteiger partial charge in [-0.25, -0.2) is 9.59 Å². The summed E-state index contributed by atoms with van der Waals surface area (Å²) >= 11 is 0. The molecule has 0 aliphatic carbocycles. The summed E-state index contributed by atoms with van der Waals surface area (Å²) in [5, 5.41) is 18.5. The average molecular weight is 539 g/mol. The largest absolute Gasteiger partial charge is 0.490 e. The van der Waals surface area contributed by atoms with E-state index in [4.69, 9.17) is 19.8 Å². The fourth-order valence-electron chi connectivity index (χ4n) is 3.87. The van der Waals surface area contributed by atoms with E-state index < -0.39 is 24.3 Å². The molecule has 2 aliphatic rings. The second kappa shape index (κ2) is 12.0. The molecule has 1 amide bonds. The summed E-state index contributed by atoms with van der Waals surface area (Å²) in [6.07, 6.45) is -2.80. The monoisotopic (exact) mass is 539 g/mol. The van der Waals surface area contributed by atoms with Crippen LogP contribution in [0.4, 0.5) is 26.3 Å². The molecule has 0 radical (unpaired) electrons. The van der Waals surface area contributed by atoms with Crippen molar-refractivity contribution in [2.75, 3.05) is 26.2 Å². The molecular weight excluding hydrogens is 516 g/mol. The number of aryl methyl sites for hydroxylation is 1. The number of amides is 1. The highest BCUT2D eigenvalue weighted by Gasteiger charge is 2.42. The molecule has 0 bridgehead atoms. The zero-order valence-corrected chi connectivity index (χ0v) is 19.3. The molecule has 2 saturated heterocycles. The van der Waals surface area contributed by atoms with Gasteiger partial charge in [0.15, 0.2) is 0 Å². The van der Waals surface area contributed by atoms with Crippen molar-refractivity contribution in [1.29, 1.82) is 0 Å². The molecule has 16 heteroatoms. The van der Waals surface area contributed by atoms with Crippen molar-refractivity contribution in [1.82, 2.24) is 24.6 Å². The molecule has 2 aliphatic heterocycles. The quantitative estimate of drug-likeness (QED) is 0.569. The van der Waals surface area contributed by atoms with Gasteiger partial charge in [0.1, 0.15) is 0 Å². The van der Waals surface area contributed by atoms with E-state index in [2.05, 4.69) is 21.2 Å². The number of halogens is 6. The van der Waals surface area contributed by atoms with E-state index in [-0.39, 0.29) is 5.91 Å². The van der Waals surface area contributed by atoms with Crippen LogP contribution in [-0.2, 0) is 23.2 Å². The molecule has 4 heterocycles. The molecule has 2 aromatic heterocycles. The van der Waals surface area contributed by atoms with Crippen LogP contribution in [0.1, 0.15) is 15.9 Å². The summed E-state index contributed by atoms with van der Waals surface area (Å²) in [5.74, 6) is -4.22. The smallest absolute Gasteiger partial charge is 0.475 e. The van der Waals surface area contributed by atoms with Gasteiger partial charge in [0.05, 0.1) is 11.8 Å². The lowest BCUT2D eigenvalue weighted by Gasteiger charge is -2.21. The van der Waals surface area contributed by atoms with Crippen molar-refractivity contribution in [3.8, 4) is 0 Å². The van der Waals surface area contributed by atoms with E-state index in [0.717, 1.165) is 32.7 Å². The second-order valence-electron chi connectivity index (χ2n) is 8.29. The minimum atomic E-state index is -5.08. The fourth-order valence-corrected chi connectivity index (χ4v) is 3.87. The predicted molar refractivity (Wildman–Crippen MR) is 113 cm³/mol. The number of carboxylic acid groups (broad SMARTS) is 2. The minimum Gasteiger partial charge on any atom is -0.475 e. The Morgan fingerprint density at radius 2 is 1.46 bits per heavy atom. The van der Waals surface area contributed by atoms with Crippen molar-refractivity contribution < 1.29 is 50.9 Å². The van der Waals surface area contributed by atoms with E-state index in [9.17, 15) is 31.1 Å². The summed E-state index contributed by atoms with van der Waals surface area (Å²) < 4.78 is 65.3. The number of aromatic nitrogens is 3.